The Bertz CT molecular complexity index is 566. The molecular formula is C15H19F2N3. The highest BCUT2D eigenvalue weighted by atomic mass is 19.2. The van der Waals surface area contributed by atoms with Gasteiger partial charge >= 0.3 is 0 Å². The van der Waals surface area contributed by atoms with Crippen LogP contribution in [0, 0.1) is 11.6 Å². The molecule has 1 aromatic heterocycles. The molecule has 0 aliphatic rings. The van der Waals surface area contributed by atoms with Crippen LogP contribution in [0.25, 0.3) is 0 Å². The van der Waals surface area contributed by atoms with Gasteiger partial charge in [0.1, 0.15) is 5.82 Å². The smallest absolute Gasteiger partial charge is 0.162 e. The second-order valence-electron chi connectivity index (χ2n) is 4.90. The Morgan fingerprint density at radius 1 is 1.35 bits per heavy atom. The van der Waals surface area contributed by atoms with E-state index in [2.05, 4.69) is 10.3 Å². The van der Waals surface area contributed by atoms with E-state index in [1.54, 1.807) is 18.3 Å². The van der Waals surface area contributed by atoms with E-state index in [4.69, 9.17) is 0 Å². The third-order valence-corrected chi connectivity index (χ3v) is 3.54. The van der Waals surface area contributed by atoms with Crippen LogP contribution in [0.2, 0.25) is 0 Å². The average Bonchev–Trinajstić information content (AvgIpc) is 2.85. The van der Waals surface area contributed by atoms with Gasteiger partial charge in [-0.1, -0.05) is 12.1 Å². The minimum Gasteiger partial charge on any atom is -0.338 e. The normalized spacial score (nSPS) is 12.6. The molecule has 3 nitrogen and oxygen atoms in total. The maximum absolute atomic E-state index is 13.7. The van der Waals surface area contributed by atoms with Crippen LogP contribution in [-0.2, 0) is 19.9 Å². The summed E-state index contributed by atoms with van der Waals surface area (Å²) in [5.74, 6) is -0.545. The molecule has 0 amide bonds. The quantitative estimate of drug-likeness (QED) is 0.880. The minimum atomic E-state index is -0.790. The molecule has 2 rings (SSSR count). The van der Waals surface area contributed by atoms with Crippen molar-refractivity contribution in [2.45, 2.75) is 25.3 Å². The molecule has 108 valence electrons. The molecule has 0 saturated heterocycles. The van der Waals surface area contributed by atoms with Gasteiger partial charge < -0.3 is 9.88 Å². The van der Waals surface area contributed by atoms with Crippen molar-refractivity contribution in [3.63, 3.8) is 0 Å². The lowest BCUT2D eigenvalue weighted by Crippen LogP contribution is -2.29. The van der Waals surface area contributed by atoms with Gasteiger partial charge in [-0.15, -0.1) is 0 Å². The molecule has 20 heavy (non-hydrogen) atoms. The molecule has 0 fully saturated rings. The fraction of sp³-hybridized carbons (Fsp3) is 0.400. The van der Waals surface area contributed by atoms with E-state index in [1.165, 1.54) is 0 Å². The fourth-order valence-electron chi connectivity index (χ4n) is 2.26. The van der Waals surface area contributed by atoms with Crippen molar-refractivity contribution >= 4 is 0 Å². The van der Waals surface area contributed by atoms with Crippen LogP contribution in [0.1, 0.15) is 17.8 Å². The summed E-state index contributed by atoms with van der Waals surface area (Å²) in [6.45, 7) is 0. The van der Waals surface area contributed by atoms with Gasteiger partial charge in [0.25, 0.3) is 0 Å². The van der Waals surface area contributed by atoms with E-state index >= 15 is 0 Å². The predicted octanol–water partition coefficient (Wildman–Crippen LogP) is 2.46. The summed E-state index contributed by atoms with van der Waals surface area (Å²) in [5.41, 5.74) is 0.407. The second-order valence-corrected chi connectivity index (χ2v) is 4.90. The first-order chi connectivity index (χ1) is 9.61. The number of imidazole rings is 1. The van der Waals surface area contributed by atoms with E-state index < -0.39 is 11.6 Å². The number of rotatable bonds is 6. The second kappa shape index (κ2) is 6.61. The third-order valence-electron chi connectivity index (χ3n) is 3.54. The van der Waals surface area contributed by atoms with Crippen LogP contribution < -0.4 is 5.32 Å². The zero-order valence-electron chi connectivity index (χ0n) is 11.7. The van der Waals surface area contributed by atoms with E-state index in [0.29, 0.717) is 12.0 Å². The number of nitrogens with one attached hydrogen (secondary N) is 1. The van der Waals surface area contributed by atoms with Gasteiger partial charge in [0.15, 0.2) is 11.6 Å². The van der Waals surface area contributed by atoms with E-state index in [1.807, 2.05) is 24.9 Å². The van der Waals surface area contributed by atoms with Crippen LogP contribution in [0.5, 0.6) is 0 Å². The highest BCUT2D eigenvalue weighted by Gasteiger charge is 2.14. The lowest BCUT2D eigenvalue weighted by molar-refractivity contribution is 0.470. The molecule has 5 heteroatoms. The molecule has 0 bridgehead atoms. The molecule has 0 spiro atoms. The summed E-state index contributed by atoms with van der Waals surface area (Å²) in [4.78, 5) is 4.26. The predicted molar refractivity (Wildman–Crippen MR) is 74.4 cm³/mol. The van der Waals surface area contributed by atoms with Crippen molar-refractivity contribution < 1.29 is 8.78 Å². The third kappa shape index (κ3) is 3.42. The van der Waals surface area contributed by atoms with Crippen LogP contribution in [0.4, 0.5) is 8.78 Å². The summed E-state index contributed by atoms with van der Waals surface area (Å²) >= 11 is 0. The van der Waals surface area contributed by atoms with Gasteiger partial charge in [0, 0.05) is 31.9 Å². The maximum Gasteiger partial charge on any atom is 0.162 e. The zero-order valence-corrected chi connectivity index (χ0v) is 11.7. The number of likely N-dealkylation sites (N-methyl/N-ethyl adjacent to an activating group) is 1. The van der Waals surface area contributed by atoms with Crippen molar-refractivity contribution in [1.29, 1.82) is 0 Å². The lowest BCUT2D eigenvalue weighted by Gasteiger charge is -2.16. The molecule has 0 aliphatic heterocycles. The molecule has 0 aliphatic carbocycles. The SMILES string of the molecule is CNC(CCc1nccn1C)Cc1cccc(F)c1F. The number of aromatic nitrogens is 2. The molecule has 2 aromatic rings. The number of hydrogen-bond acceptors (Lipinski definition) is 2. The van der Waals surface area contributed by atoms with Crippen LogP contribution in [0.15, 0.2) is 30.6 Å². The van der Waals surface area contributed by atoms with Crippen LogP contribution >= 0.6 is 0 Å². The van der Waals surface area contributed by atoms with Gasteiger partial charge in [0.2, 0.25) is 0 Å². The molecule has 0 saturated carbocycles. The van der Waals surface area contributed by atoms with Gasteiger partial charge in [-0.3, -0.25) is 0 Å². The average molecular weight is 279 g/mol. The van der Waals surface area contributed by atoms with E-state index in [9.17, 15) is 8.78 Å². The Balaban J connectivity index is 1.99. The Labute approximate surface area is 117 Å². The topological polar surface area (TPSA) is 29.9 Å². The highest BCUT2D eigenvalue weighted by molar-refractivity contribution is 5.20. The van der Waals surface area contributed by atoms with Crippen LogP contribution in [-0.4, -0.2) is 22.6 Å². The van der Waals surface area contributed by atoms with E-state index in [0.717, 1.165) is 24.7 Å². The van der Waals surface area contributed by atoms with Gasteiger partial charge in [-0.2, -0.15) is 0 Å². The molecule has 0 radical (unpaired) electrons. The standard InChI is InChI=1S/C15H19F2N3/c1-18-12(6-7-14-19-8-9-20(14)2)10-11-4-3-5-13(16)15(11)17/h3-5,8-9,12,18H,6-7,10H2,1-2H3. The first kappa shape index (κ1) is 14.7. The first-order valence-electron chi connectivity index (χ1n) is 6.68. The molecule has 1 heterocycles. The number of halogens is 2. The summed E-state index contributed by atoms with van der Waals surface area (Å²) in [7, 11) is 3.78. The Morgan fingerprint density at radius 2 is 2.15 bits per heavy atom. The summed E-state index contributed by atoms with van der Waals surface area (Å²) in [6.07, 6.45) is 5.74. The molecule has 1 N–H and O–H groups in total. The van der Waals surface area contributed by atoms with Gasteiger partial charge in [0.05, 0.1) is 0 Å². The van der Waals surface area contributed by atoms with Crippen molar-refractivity contribution in [2.24, 2.45) is 7.05 Å². The zero-order chi connectivity index (χ0) is 14.5. The number of benzene rings is 1. The number of aryl methyl sites for hydroxylation is 2. The summed E-state index contributed by atoms with van der Waals surface area (Å²) in [6, 6.07) is 4.40. The van der Waals surface area contributed by atoms with Crippen molar-refractivity contribution in [3.05, 3.63) is 53.6 Å². The van der Waals surface area contributed by atoms with Crippen molar-refractivity contribution in [1.82, 2.24) is 14.9 Å². The van der Waals surface area contributed by atoms with Crippen molar-refractivity contribution in [2.75, 3.05) is 7.05 Å². The summed E-state index contributed by atoms with van der Waals surface area (Å²) in [5, 5.41) is 3.15. The van der Waals surface area contributed by atoms with Gasteiger partial charge in [-0.25, -0.2) is 13.8 Å². The number of nitrogens with zero attached hydrogens (tertiary/aromatic N) is 2. The Hall–Kier alpha value is -1.75. The van der Waals surface area contributed by atoms with Crippen molar-refractivity contribution in [3.8, 4) is 0 Å². The molecular weight excluding hydrogens is 260 g/mol. The largest absolute Gasteiger partial charge is 0.338 e. The monoisotopic (exact) mass is 279 g/mol. The molecule has 1 atom stereocenters. The first-order valence-corrected chi connectivity index (χ1v) is 6.68. The fourth-order valence-corrected chi connectivity index (χ4v) is 2.26. The summed E-state index contributed by atoms with van der Waals surface area (Å²) < 4.78 is 28.8. The minimum absolute atomic E-state index is 0.0861. The Morgan fingerprint density at radius 3 is 2.80 bits per heavy atom. The van der Waals surface area contributed by atoms with Crippen LogP contribution in [0.3, 0.4) is 0 Å². The lowest BCUT2D eigenvalue weighted by atomic mass is 10.0. The molecule has 1 unspecified atom stereocenters. The molecule has 1 aromatic carbocycles. The maximum atomic E-state index is 13.7. The van der Waals surface area contributed by atoms with Gasteiger partial charge in [-0.05, 0) is 31.5 Å². The Kier molecular flexibility index (Phi) is 4.84. The number of hydrogen-bond donors (Lipinski definition) is 1. The highest BCUT2D eigenvalue weighted by Crippen LogP contribution is 2.15. The van der Waals surface area contributed by atoms with E-state index in [-0.39, 0.29) is 6.04 Å².